The Labute approximate surface area is 79.5 Å². The molecule has 1 aromatic heterocycles. The lowest BCUT2D eigenvalue weighted by molar-refractivity contribution is 0.587. The monoisotopic (exact) mass is 176 g/mol. The van der Waals surface area contributed by atoms with Gasteiger partial charge in [0, 0.05) is 6.20 Å². The molecule has 1 aromatic rings. The van der Waals surface area contributed by atoms with Crippen molar-refractivity contribution in [1.82, 2.24) is 4.98 Å². The summed E-state index contributed by atoms with van der Waals surface area (Å²) in [6, 6.07) is 4.06. The fourth-order valence-electron chi connectivity index (χ4n) is 1.05. The second-order valence-electron chi connectivity index (χ2n) is 4.08. The molecular weight excluding hydrogens is 160 g/mol. The molecule has 0 aliphatic heterocycles. The first-order valence-electron chi connectivity index (χ1n) is 4.39. The molecule has 0 bridgehead atoms. The van der Waals surface area contributed by atoms with Crippen LogP contribution in [0.1, 0.15) is 32.0 Å². The number of hydrogen-bond donors (Lipinski definition) is 1. The van der Waals surface area contributed by atoms with Gasteiger partial charge in [0.2, 0.25) is 0 Å². The van der Waals surface area contributed by atoms with Gasteiger partial charge in [-0.2, -0.15) is 0 Å². The number of nitrogens with zero attached hydrogens (tertiary/aromatic N) is 1. The van der Waals surface area contributed by atoms with Gasteiger partial charge in [0.05, 0.1) is 5.69 Å². The Bertz CT molecular complexity index is 291. The Morgan fingerprint density at radius 3 is 2.38 bits per heavy atom. The Balaban J connectivity index is 2.94. The van der Waals surface area contributed by atoms with Crippen molar-refractivity contribution in [3.63, 3.8) is 0 Å². The lowest BCUT2D eigenvalue weighted by atomic mass is 9.88. The van der Waals surface area contributed by atoms with Crippen LogP contribution in [0.3, 0.4) is 0 Å². The second-order valence-corrected chi connectivity index (χ2v) is 4.08. The van der Waals surface area contributed by atoms with Gasteiger partial charge in [-0.15, -0.1) is 0 Å². The molecule has 0 aliphatic carbocycles. The molecule has 1 rings (SSSR count). The highest BCUT2D eigenvalue weighted by molar-refractivity contribution is 5.44. The fraction of sp³-hybridized carbons (Fsp3) is 0.364. The first-order valence-corrected chi connectivity index (χ1v) is 4.39. The van der Waals surface area contributed by atoms with E-state index in [1.54, 1.807) is 6.08 Å². The molecule has 2 heteroatoms. The van der Waals surface area contributed by atoms with Gasteiger partial charge in [0.1, 0.15) is 0 Å². The van der Waals surface area contributed by atoms with Crippen molar-refractivity contribution in [3.05, 3.63) is 35.8 Å². The molecule has 0 saturated carbocycles. The molecule has 0 fully saturated rings. The van der Waals surface area contributed by atoms with Crippen LogP contribution < -0.4 is 5.73 Å². The highest BCUT2D eigenvalue weighted by Crippen LogP contribution is 2.20. The van der Waals surface area contributed by atoms with E-state index in [2.05, 4.69) is 31.8 Å². The number of hydrogen-bond acceptors (Lipinski definition) is 2. The number of pyridine rings is 1. The van der Waals surface area contributed by atoms with Crippen molar-refractivity contribution in [1.29, 1.82) is 0 Å². The summed E-state index contributed by atoms with van der Waals surface area (Å²) < 4.78 is 0. The van der Waals surface area contributed by atoms with E-state index in [-0.39, 0.29) is 5.41 Å². The molecule has 0 atom stereocenters. The van der Waals surface area contributed by atoms with Crippen LogP contribution in [0, 0.1) is 0 Å². The summed E-state index contributed by atoms with van der Waals surface area (Å²) in [6.45, 7) is 6.51. The molecule has 0 amide bonds. The van der Waals surface area contributed by atoms with Gasteiger partial charge in [0.15, 0.2) is 0 Å². The van der Waals surface area contributed by atoms with Crippen LogP contribution in [0.25, 0.3) is 6.08 Å². The third kappa shape index (κ3) is 2.58. The standard InChI is InChI=1S/C11H16N2/c1-11(2,3)9-4-5-10(6-7-12)13-8-9/h4-8H,12H2,1-3H3/b7-6-. The molecule has 0 spiro atoms. The lowest BCUT2D eigenvalue weighted by Gasteiger charge is -2.18. The van der Waals surface area contributed by atoms with Gasteiger partial charge in [-0.05, 0) is 29.3 Å². The van der Waals surface area contributed by atoms with Crippen molar-refractivity contribution in [2.45, 2.75) is 26.2 Å². The van der Waals surface area contributed by atoms with Crippen LogP contribution in [0.2, 0.25) is 0 Å². The minimum atomic E-state index is 0.165. The number of rotatable bonds is 1. The molecule has 70 valence electrons. The average Bonchev–Trinajstić information content (AvgIpc) is 2.04. The maximum Gasteiger partial charge on any atom is 0.0644 e. The zero-order chi connectivity index (χ0) is 9.90. The van der Waals surface area contributed by atoms with E-state index in [1.165, 1.54) is 11.8 Å². The van der Waals surface area contributed by atoms with E-state index in [9.17, 15) is 0 Å². The van der Waals surface area contributed by atoms with Crippen molar-refractivity contribution in [2.75, 3.05) is 0 Å². The van der Waals surface area contributed by atoms with Crippen molar-refractivity contribution in [3.8, 4) is 0 Å². The Morgan fingerprint density at radius 1 is 1.31 bits per heavy atom. The van der Waals surface area contributed by atoms with E-state index >= 15 is 0 Å². The van der Waals surface area contributed by atoms with E-state index < -0.39 is 0 Å². The Hall–Kier alpha value is -1.31. The molecule has 0 aliphatic rings. The average molecular weight is 176 g/mol. The van der Waals surface area contributed by atoms with Gasteiger partial charge in [-0.3, -0.25) is 4.98 Å². The summed E-state index contributed by atoms with van der Waals surface area (Å²) >= 11 is 0. The minimum absolute atomic E-state index is 0.165. The van der Waals surface area contributed by atoms with E-state index in [0.29, 0.717) is 0 Å². The molecule has 0 aromatic carbocycles. The van der Waals surface area contributed by atoms with Crippen LogP contribution in [0.5, 0.6) is 0 Å². The van der Waals surface area contributed by atoms with Crippen LogP contribution in [0.4, 0.5) is 0 Å². The summed E-state index contributed by atoms with van der Waals surface area (Å²) in [6.07, 6.45) is 5.18. The molecule has 2 N–H and O–H groups in total. The third-order valence-electron chi connectivity index (χ3n) is 1.92. The van der Waals surface area contributed by atoms with Gasteiger partial charge < -0.3 is 5.73 Å². The molecule has 2 nitrogen and oxygen atoms in total. The third-order valence-corrected chi connectivity index (χ3v) is 1.92. The van der Waals surface area contributed by atoms with E-state index in [4.69, 9.17) is 5.73 Å². The molecule has 0 radical (unpaired) electrons. The minimum Gasteiger partial charge on any atom is -0.405 e. The Kier molecular flexibility index (Phi) is 2.71. The highest BCUT2D eigenvalue weighted by Gasteiger charge is 2.12. The molecule has 0 saturated heterocycles. The molecule has 0 unspecified atom stereocenters. The van der Waals surface area contributed by atoms with Gasteiger partial charge in [0.25, 0.3) is 0 Å². The Morgan fingerprint density at radius 2 is 2.00 bits per heavy atom. The largest absolute Gasteiger partial charge is 0.405 e. The quantitative estimate of drug-likeness (QED) is 0.713. The predicted octanol–water partition coefficient (Wildman–Crippen LogP) is 2.31. The summed E-state index contributed by atoms with van der Waals surface area (Å²) in [4.78, 5) is 4.27. The maximum absolute atomic E-state index is 5.26. The van der Waals surface area contributed by atoms with Crippen molar-refractivity contribution >= 4 is 6.08 Å². The zero-order valence-corrected chi connectivity index (χ0v) is 8.41. The molecule has 13 heavy (non-hydrogen) atoms. The highest BCUT2D eigenvalue weighted by atomic mass is 14.7. The van der Waals surface area contributed by atoms with Crippen LogP contribution in [-0.2, 0) is 5.41 Å². The molecule has 1 heterocycles. The van der Waals surface area contributed by atoms with Crippen LogP contribution in [0.15, 0.2) is 24.5 Å². The number of nitrogens with two attached hydrogens (primary N) is 1. The topological polar surface area (TPSA) is 38.9 Å². The van der Waals surface area contributed by atoms with Crippen LogP contribution in [-0.4, -0.2) is 4.98 Å². The summed E-state index contributed by atoms with van der Waals surface area (Å²) in [5.41, 5.74) is 7.56. The predicted molar refractivity (Wildman–Crippen MR) is 56.2 cm³/mol. The first kappa shape index (κ1) is 9.78. The van der Waals surface area contributed by atoms with Gasteiger partial charge >= 0.3 is 0 Å². The van der Waals surface area contributed by atoms with E-state index in [0.717, 1.165) is 5.69 Å². The summed E-state index contributed by atoms with van der Waals surface area (Å²) in [5, 5.41) is 0. The maximum atomic E-state index is 5.26. The second kappa shape index (κ2) is 3.60. The normalized spacial score (nSPS) is 12.2. The number of aromatic nitrogens is 1. The lowest BCUT2D eigenvalue weighted by Crippen LogP contribution is -2.11. The first-order chi connectivity index (χ1) is 6.04. The van der Waals surface area contributed by atoms with Crippen molar-refractivity contribution < 1.29 is 0 Å². The summed E-state index contributed by atoms with van der Waals surface area (Å²) in [7, 11) is 0. The van der Waals surface area contributed by atoms with Crippen molar-refractivity contribution in [2.24, 2.45) is 5.73 Å². The van der Waals surface area contributed by atoms with Gasteiger partial charge in [-0.25, -0.2) is 0 Å². The molecular formula is C11H16N2. The SMILES string of the molecule is CC(C)(C)c1ccc(/C=C\N)nc1. The fourth-order valence-corrected chi connectivity index (χ4v) is 1.05. The van der Waals surface area contributed by atoms with Gasteiger partial charge in [-0.1, -0.05) is 26.8 Å². The van der Waals surface area contributed by atoms with E-state index in [1.807, 2.05) is 12.3 Å². The summed E-state index contributed by atoms with van der Waals surface area (Å²) in [5.74, 6) is 0. The van der Waals surface area contributed by atoms with Crippen LogP contribution >= 0.6 is 0 Å². The zero-order valence-electron chi connectivity index (χ0n) is 8.41. The smallest absolute Gasteiger partial charge is 0.0644 e.